The highest BCUT2D eigenvalue weighted by molar-refractivity contribution is 7.08. The SMILES string of the molecule is O=C(Nc1ccc(C(=O)/C=C/c2ccsc2)cc1)/C(=C/c1cccc2ccccc12)NC(=O)c1ccccc1. The molecule has 6 heteroatoms. The van der Waals surface area contributed by atoms with Crippen LogP contribution in [0.2, 0.25) is 0 Å². The monoisotopic (exact) mass is 528 g/mol. The lowest BCUT2D eigenvalue weighted by molar-refractivity contribution is -0.113. The van der Waals surface area contributed by atoms with Crippen LogP contribution in [0.3, 0.4) is 0 Å². The van der Waals surface area contributed by atoms with E-state index in [2.05, 4.69) is 10.6 Å². The molecular formula is C33H24N2O3S. The normalized spacial score (nSPS) is 11.4. The summed E-state index contributed by atoms with van der Waals surface area (Å²) in [5, 5.41) is 11.5. The van der Waals surface area contributed by atoms with Crippen LogP contribution >= 0.6 is 11.3 Å². The van der Waals surface area contributed by atoms with Gasteiger partial charge in [-0.15, -0.1) is 0 Å². The predicted octanol–water partition coefficient (Wildman–Crippen LogP) is 7.21. The summed E-state index contributed by atoms with van der Waals surface area (Å²) in [5.41, 5.74) is 3.30. The van der Waals surface area contributed by atoms with Gasteiger partial charge in [0.1, 0.15) is 5.70 Å². The Labute approximate surface area is 230 Å². The van der Waals surface area contributed by atoms with Crippen molar-refractivity contribution in [3.05, 3.63) is 148 Å². The quantitative estimate of drug-likeness (QED) is 0.165. The third-order valence-corrected chi connectivity index (χ3v) is 6.75. The molecule has 1 aromatic heterocycles. The van der Waals surface area contributed by atoms with E-state index in [-0.39, 0.29) is 11.5 Å². The Morgan fingerprint density at radius 1 is 0.718 bits per heavy atom. The van der Waals surface area contributed by atoms with Crippen molar-refractivity contribution in [2.45, 2.75) is 0 Å². The minimum Gasteiger partial charge on any atom is -0.321 e. The molecule has 0 radical (unpaired) electrons. The minimum absolute atomic E-state index is 0.0963. The average molecular weight is 529 g/mol. The zero-order chi connectivity index (χ0) is 27.0. The van der Waals surface area contributed by atoms with Gasteiger partial charge < -0.3 is 10.6 Å². The maximum atomic E-state index is 13.4. The Morgan fingerprint density at radius 2 is 1.46 bits per heavy atom. The first-order chi connectivity index (χ1) is 19.1. The topological polar surface area (TPSA) is 75.3 Å². The van der Waals surface area contributed by atoms with Crippen LogP contribution in [-0.4, -0.2) is 17.6 Å². The van der Waals surface area contributed by atoms with Gasteiger partial charge in [0.2, 0.25) is 0 Å². The van der Waals surface area contributed by atoms with Gasteiger partial charge in [0.25, 0.3) is 11.8 Å². The van der Waals surface area contributed by atoms with Gasteiger partial charge in [-0.1, -0.05) is 66.7 Å². The van der Waals surface area contributed by atoms with E-state index in [1.807, 2.05) is 65.4 Å². The van der Waals surface area contributed by atoms with Crippen molar-refractivity contribution < 1.29 is 14.4 Å². The summed E-state index contributed by atoms with van der Waals surface area (Å²) >= 11 is 1.57. The number of benzene rings is 4. The molecule has 1 heterocycles. The summed E-state index contributed by atoms with van der Waals surface area (Å²) in [5.74, 6) is -1.01. The molecule has 2 amide bonds. The summed E-state index contributed by atoms with van der Waals surface area (Å²) in [6, 6.07) is 31.0. The summed E-state index contributed by atoms with van der Waals surface area (Å²) in [6.07, 6.45) is 4.97. The van der Waals surface area contributed by atoms with Crippen molar-refractivity contribution in [3.63, 3.8) is 0 Å². The highest BCUT2D eigenvalue weighted by Gasteiger charge is 2.16. The number of ketones is 1. The molecular weight excluding hydrogens is 504 g/mol. The second-order valence-corrected chi connectivity index (χ2v) is 9.51. The molecule has 0 saturated heterocycles. The summed E-state index contributed by atoms with van der Waals surface area (Å²) in [7, 11) is 0. The van der Waals surface area contributed by atoms with Crippen LogP contribution in [0.4, 0.5) is 5.69 Å². The molecule has 2 N–H and O–H groups in total. The average Bonchev–Trinajstić information content (AvgIpc) is 3.50. The molecule has 190 valence electrons. The van der Waals surface area contributed by atoms with E-state index in [0.29, 0.717) is 16.8 Å². The number of anilines is 1. The van der Waals surface area contributed by atoms with E-state index in [9.17, 15) is 14.4 Å². The van der Waals surface area contributed by atoms with Gasteiger partial charge in [0.05, 0.1) is 0 Å². The van der Waals surface area contributed by atoms with Crippen molar-refractivity contribution in [2.24, 2.45) is 0 Å². The van der Waals surface area contributed by atoms with E-state index in [4.69, 9.17) is 0 Å². The van der Waals surface area contributed by atoms with Crippen LogP contribution in [0, 0.1) is 0 Å². The van der Waals surface area contributed by atoms with Crippen molar-refractivity contribution in [1.82, 2.24) is 5.32 Å². The molecule has 0 unspecified atom stereocenters. The third-order valence-electron chi connectivity index (χ3n) is 6.05. The maximum Gasteiger partial charge on any atom is 0.272 e. The van der Waals surface area contributed by atoms with Crippen LogP contribution in [-0.2, 0) is 4.79 Å². The van der Waals surface area contributed by atoms with Gasteiger partial charge in [-0.2, -0.15) is 11.3 Å². The number of rotatable bonds is 8. The van der Waals surface area contributed by atoms with E-state index in [0.717, 1.165) is 21.9 Å². The van der Waals surface area contributed by atoms with Crippen LogP contribution in [0.5, 0.6) is 0 Å². The van der Waals surface area contributed by atoms with E-state index >= 15 is 0 Å². The summed E-state index contributed by atoms with van der Waals surface area (Å²) in [6.45, 7) is 0. The van der Waals surface area contributed by atoms with Gasteiger partial charge in [-0.05, 0) is 87.3 Å². The minimum atomic E-state index is -0.483. The number of nitrogens with one attached hydrogen (secondary N) is 2. The Hall–Kier alpha value is -5.07. The van der Waals surface area contributed by atoms with E-state index < -0.39 is 11.8 Å². The number of thiophene rings is 1. The second kappa shape index (κ2) is 12.0. The third kappa shape index (κ3) is 6.44. The highest BCUT2D eigenvalue weighted by atomic mass is 32.1. The smallest absolute Gasteiger partial charge is 0.272 e. The first-order valence-electron chi connectivity index (χ1n) is 12.3. The zero-order valence-electron chi connectivity index (χ0n) is 20.8. The molecule has 5 aromatic rings. The first kappa shape index (κ1) is 25.6. The zero-order valence-corrected chi connectivity index (χ0v) is 21.7. The molecule has 0 atom stereocenters. The van der Waals surface area contributed by atoms with Crippen LogP contribution in [0.25, 0.3) is 22.9 Å². The van der Waals surface area contributed by atoms with Gasteiger partial charge >= 0.3 is 0 Å². The molecule has 5 rings (SSSR count). The molecule has 39 heavy (non-hydrogen) atoms. The predicted molar refractivity (Wildman–Crippen MR) is 159 cm³/mol. The molecule has 0 fully saturated rings. The Kier molecular flexibility index (Phi) is 7.86. The molecule has 5 nitrogen and oxygen atoms in total. The molecule has 0 spiro atoms. The van der Waals surface area contributed by atoms with Gasteiger partial charge in [0.15, 0.2) is 5.78 Å². The number of carbonyl (C=O) groups is 3. The number of amides is 2. The molecule has 0 aliphatic rings. The number of carbonyl (C=O) groups excluding carboxylic acids is 3. The fourth-order valence-electron chi connectivity index (χ4n) is 4.03. The van der Waals surface area contributed by atoms with Crippen LogP contribution < -0.4 is 10.6 Å². The summed E-state index contributed by atoms with van der Waals surface area (Å²) < 4.78 is 0. The van der Waals surface area contributed by atoms with Gasteiger partial charge in [-0.25, -0.2) is 0 Å². The largest absolute Gasteiger partial charge is 0.321 e. The molecule has 4 aromatic carbocycles. The molecule has 0 saturated carbocycles. The molecule has 0 aliphatic heterocycles. The van der Waals surface area contributed by atoms with Gasteiger partial charge in [-0.3, -0.25) is 14.4 Å². The first-order valence-corrected chi connectivity index (χ1v) is 13.2. The van der Waals surface area contributed by atoms with Crippen molar-refractivity contribution in [2.75, 3.05) is 5.32 Å². The number of allylic oxidation sites excluding steroid dienone is 1. The van der Waals surface area contributed by atoms with Gasteiger partial charge in [0, 0.05) is 16.8 Å². The number of hydrogen-bond acceptors (Lipinski definition) is 4. The fourth-order valence-corrected chi connectivity index (χ4v) is 4.66. The summed E-state index contributed by atoms with van der Waals surface area (Å²) in [4.78, 5) is 38.9. The number of fused-ring (bicyclic) bond motifs is 1. The van der Waals surface area contributed by atoms with Crippen LogP contribution in [0.1, 0.15) is 31.8 Å². The van der Waals surface area contributed by atoms with E-state index in [1.165, 1.54) is 6.08 Å². The highest BCUT2D eigenvalue weighted by Crippen LogP contribution is 2.21. The standard InChI is InChI=1S/C33H24N2O3S/c36-31(18-13-23-19-20-39-22-23)25-14-16-28(17-15-25)34-33(38)30(35-32(37)26-8-2-1-3-9-26)21-27-11-6-10-24-7-4-5-12-29(24)27/h1-22H,(H,34,38)(H,35,37)/b18-13+,30-21-. The van der Waals surface area contributed by atoms with Crippen molar-refractivity contribution in [1.29, 1.82) is 0 Å². The number of hydrogen-bond donors (Lipinski definition) is 2. The fraction of sp³-hybridized carbons (Fsp3) is 0. The lowest BCUT2D eigenvalue weighted by atomic mass is 10.0. The lowest BCUT2D eigenvalue weighted by Gasteiger charge is -2.12. The Bertz CT molecular complexity index is 1680. The molecule has 0 bridgehead atoms. The van der Waals surface area contributed by atoms with Crippen LogP contribution in [0.15, 0.2) is 126 Å². The Balaban J connectivity index is 1.39. The maximum absolute atomic E-state index is 13.4. The lowest BCUT2D eigenvalue weighted by Crippen LogP contribution is -2.30. The van der Waals surface area contributed by atoms with Crippen molar-refractivity contribution in [3.8, 4) is 0 Å². The van der Waals surface area contributed by atoms with Crippen molar-refractivity contribution >= 4 is 57.5 Å². The Morgan fingerprint density at radius 3 is 2.23 bits per heavy atom. The molecule has 0 aliphatic carbocycles. The van der Waals surface area contributed by atoms with E-state index in [1.54, 1.807) is 72.0 Å². The second-order valence-electron chi connectivity index (χ2n) is 8.73.